The number of nitrogens with zero attached hydrogens (tertiary/aromatic N) is 4. The van der Waals surface area contributed by atoms with E-state index in [2.05, 4.69) is 9.83 Å². The summed E-state index contributed by atoms with van der Waals surface area (Å²) in [5.74, 6) is -0.690. The molecule has 1 aromatic heterocycles. The number of sulfonamides is 1. The molecule has 0 radical (unpaired) electrons. The number of rotatable bonds is 11. The molecule has 0 unspecified atom stereocenters. The van der Waals surface area contributed by atoms with Crippen LogP contribution in [0.5, 0.6) is 5.75 Å². The van der Waals surface area contributed by atoms with E-state index in [0.717, 1.165) is 16.7 Å². The van der Waals surface area contributed by atoms with Crippen LogP contribution in [0.2, 0.25) is 0 Å². The predicted octanol–water partition coefficient (Wildman–Crippen LogP) is 6.77. The Morgan fingerprint density at radius 2 is 1.63 bits per heavy atom. The van der Waals surface area contributed by atoms with E-state index in [1.54, 1.807) is 35.4 Å². The summed E-state index contributed by atoms with van der Waals surface area (Å²) >= 11 is 0. The minimum atomic E-state index is -3.87. The van der Waals surface area contributed by atoms with Crippen molar-refractivity contribution in [1.29, 1.82) is 0 Å². The van der Waals surface area contributed by atoms with Gasteiger partial charge in [0.1, 0.15) is 17.4 Å². The molecule has 0 N–H and O–H groups in total. The molecule has 4 aromatic carbocycles. The highest BCUT2D eigenvalue weighted by Crippen LogP contribution is 2.47. The number of aromatic nitrogens is 1. The molecule has 8 nitrogen and oxygen atoms in total. The third-order valence-corrected chi connectivity index (χ3v) is 9.90. The first kappa shape index (κ1) is 30.7. The number of pyridine rings is 1. The molecule has 0 atom stereocenters. The van der Waals surface area contributed by atoms with Crippen LogP contribution in [0.3, 0.4) is 0 Å². The van der Waals surface area contributed by atoms with Crippen molar-refractivity contribution in [1.82, 2.24) is 9.88 Å². The van der Waals surface area contributed by atoms with Gasteiger partial charge in [0, 0.05) is 43.7 Å². The fourth-order valence-electron chi connectivity index (χ4n) is 5.83. The van der Waals surface area contributed by atoms with Crippen LogP contribution in [0.15, 0.2) is 103 Å². The van der Waals surface area contributed by atoms with E-state index in [1.165, 1.54) is 23.5 Å². The molecule has 0 aliphatic carbocycles. The number of benzene rings is 4. The summed E-state index contributed by atoms with van der Waals surface area (Å²) in [7, 11) is -2.40. The topological polar surface area (TPSA) is 84.2 Å². The van der Waals surface area contributed by atoms with Crippen LogP contribution in [0, 0.1) is 12.4 Å². The highest BCUT2D eigenvalue weighted by atomic mass is 32.2. The molecular formula is C36H31FN4O4S. The number of amides is 1. The van der Waals surface area contributed by atoms with Crippen molar-refractivity contribution >= 4 is 32.5 Å². The molecule has 232 valence electrons. The van der Waals surface area contributed by atoms with Gasteiger partial charge in [-0.05, 0) is 41.0 Å². The lowest BCUT2D eigenvalue weighted by atomic mass is 9.99. The number of hydrogen-bond donors (Lipinski definition) is 0. The fourth-order valence-corrected chi connectivity index (χ4v) is 7.09. The summed E-state index contributed by atoms with van der Waals surface area (Å²) in [6, 6.07) is 28.7. The van der Waals surface area contributed by atoms with Crippen LogP contribution < -0.4 is 9.04 Å². The third-order valence-electron chi connectivity index (χ3n) is 8.07. The van der Waals surface area contributed by atoms with Gasteiger partial charge in [-0.1, -0.05) is 72.8 Å². The lowest BCUT2D eigenvalue weighted by Gasteiger charge is -2.26. The second kappa shape index (κ2) is 13.0. The standard InChI is InChI=1S/C36H31FN4O4S/c1-38-20-10-22-46(43,44)40(2)33-29-15-9-21-39-32(29)35(45-34(26-11-5-3-6-12-26)27-13-7-4-8-14-27)31-30(33)24-41(36(31)42)23-25-16-18-28(37)19-17-25/h3-9,11-19,21,34H,10,20,22-24H2,2H3. The molecule has 6 rings (SSSR count). The van der Waals surface area contributed by atoms with E-state index >= 15 is 0 Å². The molecule has 1 amide bonds. The number of halogens is 1. The number of ether oxygens (including phenoxy) is 1. The highest BCUT2D eigenvalue weighted by Gasteiger charge is 2.39. The number of anilines is 1. The molecule has 0 bridgehead atoms. The molecule has 1 aliphatic rings. The van der Waals surface area contributed by atoms with E-state index in [-0.39, 0.29) is 54.8 Å². The predicted molar refractivity (Wildman–Crippen MR) is 175 cm³/mol. The van der Waals surface area contributed by atoms with Crippen molar-refractivity contribution in [3.05, 3.63) is 148 Å². The van der Waals surface area contributed by atoms with E-state index in [4.69, 9.17) is 11.3 Å². The molecule has 1 aliphatic heterocycles. The largest absolute Gasteiger partial charge is 0.478 e. The van der Waals surface area contributed by atoms with Gasteiger partial charge >= 0.3 is 0 Å². The minimum absolute atomic E-state index is 0.0878. The van der Waals surface area contributed by atoms with Gasteiger partial charge in [-0.3, -0.25) is 14.1 Å². The van der Waals surface area contributed by atoms with Crippen molar-refractivity contribution < 1.29 is 22.3 Å². The molecule has 5 aromatic rings. The zero-order valence-corrected chi connectivity index (χ0v) is 26.0. The first-order chi connectivity index (χ1) is 22.3. The van der Waals surface area contributed by atoms with Crippen LogP contribution in [0.4, 0.5) is 10.1 Å². The average Bonchev–Trinajstić information content (AvgIpc) is 3.39. The number of hydrogen-bond acceptors (Lipinski definition) is 5. The normalized spacial score (nSPS) is 12.7. The van der Waals surface area contributed by atoms with Crippen LogP contribution in [0.25, 0.3) is 15.7 Å². The first-order valence-electron chi connectivity index (χ1n) is 14.8. The molecule has 0 saturated heterocycles. The minimum Gasteiger partial charge on any atom is -0.478 e. The van der Waals surface area contributed by atoms with Crippen molar-refractivity contribution in [3.63, 3.8) is 0 Å². The van der Waals surface area contributed by atoms with E-state index in [0.29, 0.717) is 22.2 Å². The second-order valence-corrected chi connectivity index (χ2v) is 13.2. The van der Waals surface area contributed by atoms with Crippen LogP contribution in [-0.2, 0) is 23.1 Å². The highest BCUT2D eigenvalue weighted by molar-refractivity contribution is 7.92. The monoisotopic (exact) mass is 634 g/mol. The maximum atomic E-state index is 14.4. The zero-order chi connectivity index (χ0) is 32.3. The Kier molecular flexibility index (Phi) is 8.68. The summed E-state index contributed by atoms with van der Waals surface area (Å²) < 4.78 is 49.0. The van der Waals surface area contributed by atoms with Crippen LogP contribution >= 0.6 is 0 Å². The summed E-state index contributed by atoms with van der Waals surface area (Å²) in [6.07, 6.45) is 1.17. The van der Waals surface area contributed by atoms with E-state index in [9.17, 15) is 17.6 Å². The Balaban J connectivity index is 1.55. The van der Waals surface area contributed by atoms with Gasteiger partial charge in [-0.25, -0.2) is 19.4 Å². The summed E-state index contributed by atoms with van der Waals surface area (Å²) in [5.41, 5.74) is 3.89. The summed E-state index contributed by atoms with van der Waals surface area (Å²) in [6.45, 7) is 7.44. The average molecular weight is 635 g/mol. The second-order valence-electron chi connectivity index (χ2n) is 11.1. The number of carbonyl (C=O) groups is 1. The Morgan fingerprint density at radius 3 is 2.26 bits per heavy atom. The van der Waals surface area contributed by atoms with Gasteiger partial charge in [0.25, 0.3) is 5.91 Å². The molecular weight excluding hydrogens is 603 g/mol. The Labute approximate surface area is 267 Å². The lowest BCUT2D eigenvalue weighted by Crippen LogP contribution is -2.30. The number of fused-ring (bicyclic) bond motifs is 2. The Bertz CT molecular complexity index is 1990. The quantitative estimate of drug-likeness (QED) is 0.118. The smallest absolute Gasteiger partial charge is 0.258 e. The van der Waals surface area contributed by atoms with E-state index < -0.39 is 16.1 Å². The molecule has 10 heteroatoms. The fraction of sp³-hybridized carbons (Fsp3) is 0.194. The zero-order valence-electron chi connectivity index (χ0n) is 25.1. The molecule has 2 heterocycles. The summed E-state index contributed by atoms with van der Waals surface area (Å²) in [4.78, 5) is 23.9. The molecule has 0 fully saturated rings. The third kappa shape index (κ3) is 6.02. The Hall–Kier alpha value is -5.27. The maximum Gasteiger partial charge on any atom is 0.258 e. The van der Waals surface area contributed by atoms with Crippen LogP contribution in [0.1, 0.15) is 45.1 Å². The van der Waals surface area contributed by atoms with Gasteiger partial charge < -0.3 is 14.5 Å². The van der Waals surface area contributed by atoms with E-state index in [1.807, 2.05) is 60.7 Å². The van der Waals surface area contributed by atoms with Crippen molar-refractivity contribution in [2.45, 2.75) is 25.6 Å². The van der Waals surface area contributed by atoms with Gasteiger partial charge in [-0.15, -0.1) is 0 Å². The van der Waals surface area contributed by atoms with Gasteiger partial charge in [0.2, 0.25) is 16.6 Å². The van der Waals surface area contributed by atoms with Crippen LogP contribution in [-0.4, -0.2) is 43.6 Å². The van der Waals surface area contributed by atoms with Gasteiger partial charge in [0.05, 0.1) is 17.0 Å². The van der Waals surface area contributed by atoms with Crippen molar-refractivity contribution in [3.8, 4) is 5.75 Å². The maximum absolute atomic E-state index is 14.4. The molecule has 0 saturated carbocycles. The Morgan fingerprint density at radius 1 is 0.978 bits per heavy atom. The molecule has 0 spiro atoms. The first-order valence-corrected chi connectivity index (χ1v) is 16.4. The molecule has 46 heavy (non-hydrogen) atoms. The van der Waals surface area contributed by atoms with Crippen molar-refractivity contribution in [2.24, 2.45) is 0 Å². The summed E-state index contributed by atoms with van der Waals surface area (Å²) in [5, 5.41) is 0.517. The SMILES string of the molecule is [C-]#[N+]CCCS(=O)(=O)N(C)c1c2c(c(OC(c3ccccc3)c3ccccc3)c3ncccc13)C(=O)N(Cc1ccc(F)cc1)C2. The lowest BCUT2D eigenvalue weighted by molar-refractivity contribution is 0.0762. The number of carbonyl (C=O) groups excluding carboxylic acids is 1. The van der Waals surface area contributed by atoms with Crippen molar-refractivity contribution in [2.75, 3.05) is 23.7 Å². The van der Waals surface area contributed by atoms with Gasteiger partial charge in [-0.2, -0.15) is 0 Å². The van der Waals surface area contributed by atoms with Gasteiger partial charge in [0.15, 0.2) is 5.75 Å².